The molecule has 2 aromatic heterocycles. The van der Waals surface area contributed by atoms with Gasteiger partial charge in [-0.25, -0.2) is 14.5 Å². The second-order valence-corrected chi connectivity index (χ2v) is 6.42. The highest BCUT2D eigenvalue weighted by Gasteiger charge is 2.20. The standard InChI is InChI=1S/C16H22N6O2/c1-11(14(23)21-16(2,3)4)19-15(24)20-12-6-7-13(17-10-12)22-9-5-8-18-22/h5-11H,1-4H3,(H,21,23)(H2,19,20,24)/t11-/m0/s1. The first-order valence-electron chi connectivity index (χ1n) is 7.60. The molecular formula is C16H22N6O2. The molecule has 2 rings (SSSR count). The van der Waals surface area contributed by atoms with Gasteiger partial charge in [0, 0.05) is 17.9 Å². The van der Waals surface area contributed by atoms with Crippen LogP contribution < -0.4 is 16.0 Å². The van der Waals surface area contributed by atoms with E-state index < -0.39 is 12.1 Å². The van der Waals surface area contributed by atoms with Crippen LogP contribution in [-0.2, 0) is 4.79 Å². The number of nitrogens with one attached hydrogen (secondary N) is 3. The van der Waals surface area contributed by atoms with Crippen LogP contribution in [0.25, 0.3) is 5.82 Å². The molecule has 0 radical (unpaired) electrons. The Morgan fingerprint density at radius 3 is 2.54 bits per heavy atom. The molecule has 0 bridgehead atoms. The van der Waals surface area contributed by atoms with Gasteiger partial charge in [-0.3, -0.25) is 4.79 Å². The fourth-order valence-corrected chi connectivity index (χ4v) is 1.91. The van der Waals surface area contributed by atoms with Crippen LogP contribution in [0.4, 0.5) is 10.5 Å². The lowest BCUT2D eigenvalue weighted by atomic mass is 10.1. The van der Waals surface area contributed by atoms with Gasteiger partial charge in [0.2, 0.25) is 5.91 Å². The molecule has 0 unspecified atom stereocenters. The Morgan fingerprint density at radius 1 is 1.25 bits per heavy atom. The predicted molar refractivity (Wildman–Crippen MR) is 90.9 cm³/mol. The second kappa shape index (κ2) is 7.12. The highest BCUT2D eigenvalue weighted by Crippen LogP contribution is 2.09. The molecule has 0 aliphatic carbocycles. The number of aromatic nitrogens is 3. The first kappa shape index (κ1) is 17.5. The number of urea groups is 1. The van der Waals surface area contributed by atoms with Crippen molar-refractivity contribution in [3.63, 3.8) is 0 Å². The van der Waals surface area contributed by atoms with Gasteiger partial charge in [0.05, 0.1) is 11.9 Å². The third kappa shape index (κ3) is 5.08. The van der Waals surface area contributed by atoms with E-state index in [0.29, 0.717) is 11.5 Å². The summed E-state index contributed by atoms with van der Waals surface area (Å²) in [4.78, 5) is 28.1. The van der Waals surface area contributed by atoms with E-state index in [2.05, 4.69) is 26.0 Å². The molecule has 8 nitrogen and oxygen atoms in total. The summed E-state index contributed by atoms with van der Waals surface area (Å²) < 4.78 is 1.61. The maximum Gasteiger partial charge on any atom is 0.319 e. The largest absolute Gasteiger partial charge is 0.350 e. The van der Waals surface area contributed by atoms with E-state index in [1.165, 1.54) is 6.20 Å². The Balaban J connectivity index is 1.89. The number of hydrogen-bond acceptors (Lipinski definition) is 4. The zero-order valence-electron chi connectivity index (χ0n) is 14.2. The van der Waals surface area contributed by atoms with E-state index in [0.717, 1.165) is 0 Å². The molecular weight excluding hydrogens is 308 g/mol. The molecule has 3 amide bonds. The zero-order valence-corrected chi connectivity index (χ0v) is 14.2. The molecule has 0 aliphatic rings. The number of carbonyl (C=O) groups excluding carboxylic acids is 2. The molecule has 0 saturated carbocycles. The zero-order chi connectivity index (χ0) is 17.7. The highest BCUT2D eigenvalue weighted by atomic mass is 16.2. The van der Waals surface area contributed by atoms with E-state index in [4.69, 9.17) is 0 Å². The van der Waals surface area contributed by atoms with Crippen molar-refractivity contribution >= 4 is 17.6 Å². The molecule has 128 valence electrons. The lowest BCUT2D eigenvalue weighted by Gasteiger charge is -2.23. The van der Waals surface area contributed by atoms with Gasteiger partial charge in [-0.15, -0.1) is 0 Å². The van der Waals surface area contributed by atoms with Crippen molar-refractivity contribution < 1.29 is 9.59 Å². The van der Waals surface area contributed by atoms with Gasteiger partial charge < -0.3 is 16.0 Å². The Kier molecular flexibility index (Phi) is 5.18. The monoisotopic (exact) mass is 330 g/mol. The van der Waals surface area contributed by atoms with Gasteiger partial charge >= 0.3 is 6.03 Å². The third-order valence-electron chi connectivity index (χ3n) is 2.98. The lowest BCUT2D eigenvalue weighted by molar-refractivity contribution is -0.123. The van der Waals surface area contributed by atoms with Crippen LogP contribution in [0.5, 0.6) is 0 Å². The number of rotatable bonds is 4. The van der Waals surface area contributed by atoms with E-state index in [9.17, 15) is 9.59 Å². The third-order valence-corrected chi connectivity index (χ3v) is 2.98. The molecule has 0 spiro atoms. The number of amides is 3. The number of pyridine rings is 1. The average Bonchev–Trinajstić information content (AvgIpc) is 3.00. The summed E-state index contributed by atoms with van der Waals surface area (Å²) in [6, 6.07) is 4.12. The summed E-state index contributed by atoms with van der Waals surface area (Å²) in [7, 11) is 0. The average molecular weight is 330 g/mol. The molecule has 0 fully saturated rings. The van der Waals surface area contributed by atoms with Crippen LogP contribution in [0, 0.1) is 0 Å². The molecule has 0 aromatic carbocycles. The molecule has 8 heteroatoms. The number of carbonyl (C=O) groups is 2. The Morgan fingerprint density at radius 2 is 2.00 bits per heavy atom. The van der Waals surface area contributed by atoms with E-state index in [1.807, 2.05) is 20.8 Å². The molecule has 1 atom stereocenters. The van der Waals surface area contributed by atoms with E-state index >= 15 is 0 Å². The van der Waals surface area contributed by atoms with Crippen LogP contribution in [0.15, 0.2) is 36.8 Å². The maximum absolute atomic E-state index is 12.0. The molecule has 2 heterocycles. The molecule has 2 aromatic rings. The summed E-state index contributed by atoms with van der Waals surface area (Å²) in [6.07, 6.45) is 4.96. The van der Waals surface area contributed by atoms with Gasteiger partial charge in [0.1, 0.15) is 6.04 Å². The predicted octanol–water partition coefficient (Wildman–Crippen LogP) is 1.69. The van der Waals surface area contributed by atoms with Crippen LogP contribution in [0.1, 0.15) is 27.7 Å². The van der Waals surface area contributed by atoms with Crippen molar-refractivity contribution in [2.75, 3.05) is 5.32 Å². The second-order valence-electron chi connectivity index (χ2n) is 6.42. The minimum Gasteiger partial charge on any atom is -0.350 e. The summed E-state index contributed by atoms with van der Waals surface area (Å²) in [5.41, 5.74) is 0.169. The quantitative estimate of drug-likeness (QED) is 0.794. The first-order chi connectivity index (χ1) is 11.2. The summed E-state index contributed by atoms with van der Waals surface area (Å²) in [5.74, 6) is 0.397. The SMILES string of the molecule is C[C@H](NC(=O)Nc1ccc(-n2cccn2)nc1)C(=O)NC(C)(C)C. The van der Waals surface area contributed by atoms with Gasteiger partial charge in [0.25, 0.3) is 0 Å². The summed E-state index contributed by atoms with van der Waals surface area (Å²) in [5, 5.41) is 12.1. The van der Waals surface area contributed by atoms with Gasteiger partial charge in [-0.1, -0.05) is 0 Å². The highest BCUT2D eigenvalue weighted by molar-refractivity contribution is 5.93. The summed E-state index contributed by atoms with van der Waals surface area (Å²) >= 11 is 0. The van der Waals surface area contributed by atoms with Crippen molar-refractivity contribution in [2.24, 2.45) is 0 Å². The van der Waals surface area contributed by atoms with Gasteiger partial charge in [-0.2, -0.15) is 5.10 Å². The fourth-order valence-electron chi connectivity index (χ4n) is 1.91. The van der Waals surface area contributed by atoms with Crippen LogP contribution >= 0.6 is 0 Å². The van der Waals surface area contributed by atoms with Crippen molar-refractivity contribution in [3.8, 4) is 5.82 Å². The van der Waals surface area contributed by atoms with Gasteiger partial charge in [0.15, 0.2) is 5.82 Å². The molecule has 24 heavy (non-hydrogen) atoms. The van der Waals surface area contributed by atoms with Crippen molar-refractivity contribution in [3.05, 3.63) is 36.8 Å². The van der Waals surface area contributed by atoms with Gasteiger partial charge in [-0.05, 0) is 45.9 Å². The molecule has 0 aliphatic heterocycles. The Bertz CT molecular complexity index is 688. The fraction of sp³-hybridized carbons (Fsp3) is 0.375. The lowest BCUT2D eigenvalue weighted by Crippen LogP contribution is -2.51. The number of nitrogens with zero attached hydrogens (tertiary/aromatic N) is 3. The minimum atomic E-state index is -0.652. The minimum absolute atomic E-state index is 0.246. The number of anilines is 1. The molecule has 3 N–H and O–H groups in total. The normalized spacial score (nSPS) is 12.3. The maximum atomic E-state index is 12.0. The van der Waals surface area contributed by atoms with Crippen molar-refractivity contribution in [1.29, 1.82) is 0 Å². The Hall–Kier alpha value is -2.90. The summed E-state index contributed by atoms with van der Waals surface area (Å²) in [6.45, 7) is 7.26. The topological polar surface area (TPSA) is 101 Å². The molecule has 0 saturated heterocycles. The van der Waals surface area contributed by atoms with Crippen molar-refractivity contribution in [2.45, 2.75) is 39.3 Å². The smallest absolute Gasteiger partial charge is 0.319 e. The van der Waals surface area contributed by atoms with E-state index in [1.54, 1.807) is 42.2 Å². The van der Waals surface area contributed by atoms with Crippen LogP contribution in [0.3, 0.4) is 0 Å². The van der Waals surface area contributed by atoms with Crippen molar-refractivity contribution in [1.82, 2.24) is 25.4 Å². The van der Waals surface area contributed by atoms with Crippen LogP contribution in [0.2, 0.25) is 0 Å². The van der Waals surface area contributed by atoms with Crippen LogP contribution in [-0.4, -0.2) is 38.3 Å². The number of hydrogen-bond donors (Lipinski definition) is 3. The van der Waals surface area contributed by atoms with E-state index in [-0.39, 0.29) is 11.4 Å². The first-order valence-corrected chi connectivity index (χ1v) is 7.60. The Labute approximate surface area is 140 Å².